The lowest BCUT2D eigenvalue weighted by atomic mass is 10.1. The van der Waals surface area contributed by atoms with E-state index in [-0.39, 0.29) is 0 Å². The van der Waals surface area contributed by atoms with Gasteiger partial charge in [-0.3, -0.25) is 0 Å². The van der Waals surface area contributed by atoms with Gasteiger partial charge in [0.25, 0.3) is 0 Å². The van der Waals surface area contributed by atoms with Gasteiger partial charge < -0.3 is 10.5 Å². The highest BCUT2D eigenvalue weighted by atomic mass is 79.9. The largest absolute Gasteiger partial charge is 0.372 e. The zero-order valence-corrected chi connectivity index (χ0v) is 12.7. The summed E-state index contributed by atoms with van der Waals surface area (Å²) in [4.78, 5) is 0. The van der Waals surface area contributed by atoms with Gasteiger partial charge in [0.1, 0.15) is 0 Å². The van der Waals surface area contributed by atoms with Crippen LogP contribution in [0.2, 0.25) is 0 Å². The van der Waals surface area contributed by atoms with Crippen LogP contribution in [0.1, 0.15) is 16.7 Å². The van der Waals surface area contributed by atoms with Gasteiger partial charge in [-0.05, 0) is 35.4 Å². The Morgan fingerprint density at radius 1 is 1.00 bits per heavy atom. The number of ether oxygens (including phenoxy) is 1. The molecule has 0 unspecified atom stereocenters. The Hall–Kier alpha value is -1.60. The smallest absolute Gasteiger partial charge is 0.0721 e. The standard InChI is InChI=1S/C17H16BrNO/c18-17-8-6-15(7-9-17)12-20-13-16-4-1-3-14(11-16)5-2-10-19/h1,3-4,6-9,11H,10,12-13,19H2. The van der Waals surface area contributed by atoms with Crippen molar-refractivity contribution in [2.24, 2.45) is 5.73 Å². The molecule has 102 valence electrons. The van der Waals surface area contributed by atoms with Gasteiger partial charge in [0.05, 0.1) is 19.8 Å². The topological polar surface area (TPSA) is 35.2 Å². The number of hydrogen-bond acceptors (Lipinski definition) is 2. The zero-order valence-electron chi connectivity index (χ0n) is 11.1. The molecule has 2 nitrogen and oxygen atoms in total. The molecule has 0 heterocycles. The van der Waals surface area contributed by atoms with Gasteiger partial charge in [-0.2, -0.15) is 0 Å². The third kappa shape index (κ3) is 4.82. The van der Waals surface area contributed by atoms with Crippen molar-refractivity contribution in [1.29, 1.82) is 0 Å². The van der Waals surface area contributed by atoms with Crippen molar-refractivity contribution in [3.05, 3.63) is 69.7 Å². The lowest BCUT2D eigenvalue weighted by Crippen LogP contribution is -1.95. The quantitative estimate of drug-likeness (QED) is 0.871. The lowest BCUT2D eigenvalue weighted by molar-refractivity contribution is 0.107. The van der Waals surface area contributed by atoms with Crippen LogP contribution < -0.4 is 5.73 Å². The molecule has 0 spiro atoms. The van der Waals surface area contributed by atoms with Crippen LogP contribution in [0.5, 0.6) is 0 Å². The second-order valence-corrected chi connectivity index (χ2v) is 5.24. The first kappa shape index (κ1) is 14.8. The van der Waals surface area contributed by atoms with Crippen LogP contribution >= 0.6 is 15.9 Å². The predicted octanol–water partition coefficient (Wildman–Crippen LogP) is 3.48. The fourth-order valence-corrected chi connectivity index (χ4v) is 2.02. The summed E-state index contributed by atoms with van der Waals surface area (Å²) in [5.41, 5.74) is 8.62. The Kier molecular flexibility index (Phi) is 5.82. The van der Waals surface area contributed by atoms with E-state index in [1.807, 2.05) is 48.5 Å². The van der Waals surface area contributed by atoms with Crippen LogP contribution in [0, 0.1) is 11.8 Å². The van der Waals surface area contributed by atoms with Crippen molar-refractivity contribution in [2.75, 3.05) is 6.54 Å². The Morgan fingerprint density at radius 3 is 2.50 bits per heavy atom. The summed E-state index contributed by atoms with van der Waals surface area (Å²) in [7, 11) is 0. The van der Waals surface area contributed by atoms with E-state index in [1.165, 1.54) is 0 Å². The molecular weight excluding hydrogens is 314 g/mol. The minimum atomic E-state index is 0.379. The molecule has 0 fully saturated rings. The molecule has 0 aliphatic carbocycles. The normalized spacial score (nSPS) is 9.90. The van der Waals surface area contributed by atoms with Crippen LogP contribution in [0.25, 0.3) is 0 Å². The molecule has 2 rings (SSSR count). The molecule has 0 saturated carbocycles. The molecule has 3 heteroatoms. The SMILES string of the molecule is NCC#Cc1cccc(COCc2ccc(Br)cc2)c1. The number of nitrogens with two attached hydrogens (primary N) is 1. The molecule has 0 aromatic heterocycles. The van der Waals surface area contributed by atoms with Gasteiger partial charge in [-0.1, -0.05) is 52.0 Å². The summed E-state index contributed by atoms with van der Waals surface area (Å²) < 4.78 is 6.79. The third-order valence-corrected chi connectivity index (χ3v) is 3.24. The average molecular weight is 330 g/mol. The minimum Gasteiger partial charge on any atom is -0.372 e. The number of hydrogen-bond donors (Lipinski definition) is 1. The van der Waals surface area contributed by atoms with Crippen molar-refractivity contribution in [2.45, 2.75) is 13.2 Å². The summed E-state index contributed by atoms with van der Waals surface area (Å²) in [6, 6.07) is 16.2. The monoisotopic (exact) mass is 329 g/mol. The van der Waals surface area contributed by atoms with Crippen molar-refractivity contribution in [3.63, 3.8) is 0 Å². The van der Waals surface area contributed by atoms with Crippen LogP contribution in [-0.4, -0.2) is 6.54 Å². The van der Waals surface area contributed by atoms with Gasteiger partial charge >= 0.3 is 0 Å². The maximum absolute atomic E-state index is 5.72. The Labute approximate surface area is 128 Å². The van der Waals surface area contributed by atoms with E-state index < -0.39 is 0 Å². The van der Waals surface area contributed by atoms with E-state index in [0.717, 1.165) is 21.2 Å². The Balaban J connectivity index is 1.89. The molecule has 2 N–H and O–H groups in total. The molecule has 0 saturated heterocycles. The maximum Gasteiger partial charge on any atom is 0.0721 e. The third-order valence-electron chi connectivity index (χ3n) is 2.71. The van der Waals surface area contributed by atoms with Gasteiger partial charge in [-0.15, -0.1) is 0 Å². The first-order valence-corrected chi connectivity index (χ1v) is 7.17. The summed E-state index contributed by atoms with van der Waals surface area (Å²) in [5.74, 6) is 5.87. The highest BCUT2D eigenvalue weighted by molar-refractivity contribution is 9.10. The zero-order chi connectivity index (χ0) is 14.2. The summed E-state index contributed by atoms with van der Waals surface area (Å²) in [6.07, 6.45) is 0. The van der Waals surface area contributed by atoms with Crippen LogP contribution in [0.15, 0.2) is 53.0 Å². The summed E-state index contributed by atoms with van der Waals surface area (Å²) in [6.45, 7) is 1.56. The molecule has 0 radical (unpaired) electrons. The molecule has 0 amide bonds. The maximum atomic E-state index is 5.72. The highest BCUT2D eigenvalue weighted by Crippen LogP contribution is 2.12. The molecule has 0 bridgehead atoms. The first-order valence-electron chi connectivity index (χ1n) is 6.38. The van der Waals surface area contributed by atoms with Gasteiger partial charge in [-0.25, -0.2) is 0 Å². The van der Waals surface area contributed by atoms with E-state index in [0.29, 0.717) is 19.8 Å². The van der Waals surface area contributed by atoms with Crippen molar-refractivity contribution >= 4 is 15.9 Å². The fraction of sp³-hybridized carbons (Fsp3) is 0.176. The Morgan fingerprint density at radius 2 is 1.75 bits per heavy atom. The summed E-state index contributed by atoms with van der Waals surface area (Å²) in [5, 5.41) is 0. The molecule has 2 aromatic carbocycles. The van der Waals surface area contributed by atoms with Crippen molar-refractivity contribution < 1.29 is 4.74 Å². The van der Waals surface area contributed by atoms with Gasteiger partial charge in [0, 0.05) is 10.0 Å². The molecule has 0 aliphatic rings. The van der Waals surface area contributed by atoms with Crippen molar-refractivity contribution in [1.82, 2.24) is 0 Å². The molecule has 2 aromatic rings. The van der Waals surface area contributed by atoms with Gasteiger partial charge in [0.2, 0.25) is 0 Å². The number of halogens is 1. The predicted molar refractivity (Wildman–Crippen MR) is 85.0 cm³/mol. The second-order valence-electron chi connectivity index (χ2n) is 4.33. The van der Waals surface area contributed by atoms with E-state index in [9.17, 15) is 0 Å². The first-order chi connectivity index (χ1) is 9.78. The second kappa shape index (κ2) is 7.86. The lowest BCUT2D eigenvalue weighted by Gasteiger charge is -2.05. The number of benzene rings is 2. The average Bonchev–Trinajstić information content (AvgIpc) is 2.48. The molecule has 0 aliphatic heterocycles. The van der Waals surface area contributed by atoms with E-state index in [4.69, 9.17) is 10.5 Å². The highest BCUT2D eigenvalue weighted by Gasteiger charge is 1.97. The molecule has 20 heavy (non-hydrogen) atoms. The van der Waals surface area contributed by atoms with E-state index >= 15 is 0 Å². The van der Waals surface area contributed by atoms with Gasteiger partial charge in [0.15, 0.2) is 0 Å². The molecular formula is C17H16BrNO. The van der Waals surface area contributed by atoms with Crippen LogP contribution in [0.4, 0.5) is 0 Å². The molecule has 0 atom stereocenters. The fourth-order valence-electron chi connectivity index (χ4n) is 1.76. The van der Waals surface area contributed by atoms with Crippen LogP contribution in [0.3, 0.4) is 0 Å². The number of rotatable bonds is 4. The van der Waals surface area contributed by atoms with E-state index in [1.54, 1.807) is 0 Å². The van der Waals surface area contributed by atoms with E-state index in [2.05, 4.69) is 27.8 Å². The minimum absolute atomic E-state index is 0.379. The summed E-state index contributed by atoms with van der Waals surface area (Å²) >= 11 is 3.42. The Bertz CT molecular complexity index is 611. The van der Waals surface area contributed by atoms with Crippen LogP contribution in [-0.2, 0) is 18.0 Å². The van der Waals surface area contributed by atoms with Crippen molar-refractivity contribution in [3.8, 4) is 11.8 Å².